The Morgan fingerprint density at radius 2 is 1.88 bits per heavy atom. The Bertz CT molecular complexity index is 837. The maximum Gasteiger partial charge on any atom is 0.284 e. The largest absolute Gasteiger partial charge is 0.381 e. The molecule has 1 aromatic carbocycles. The van der Waals surface area contributed by atoms with Crippen molar-refractivity contribution in [3.8, 4) is 0 Å². The van der Waals surface area contributed by atoms with Crippen LogP contribution < -0.4 is 10.6 Å². The summed E-state index contributed by atoms with van der Waals surface area (Å²) in [4.78, 5) is 2.25. The maximum atomic E-state index is 12.4. The van der Waals surface area contributed by atoms with E-state index in [1.165, 1.54) is 30.1 Å². The van der Waals surface area contributed by atoms with E-state index in [1.54, 1.807) is 12.1 Å². The molecule has 0 saturated carbocycles. The Balaban J connectivity index is 1.91. The van der Waals surface area contributed by atoms with Gasteiger partial charge in [-0.2, -0.15) is 8.42 Å². The van der Waals surface area contributed by atoms with E-state index in [1.807, 2.05) is 6.92 Å². The lowest BCUT2D eigenvalue weighted by Gasteiger charge is -2.27. The SMILES string of the molecule is Cc1ccc(S(=O)(=O)/N=C(\N)c2nnsc2N2CCCCC2)cc1. The molecular weight excluding hydrogens is 346 g/mol. The molecule has 3 rings (SSSR count). The highest BCUT2D eigenvalue weighted by Crippen LogP contribution is 2.27. The summed E-state index contributed by atoms with van der Waals surface area (Å²) in [6.07, 6.45) is 3.38. The Hall–Kier alpha value is -2.00. The minimum Gasteiger partial charge on any atom is -0.381 e. The van der Waals surface area contributed by atoms with Crippen LogP contribution in [0.3, 0.4) is 0 Å². The molecule has 1 aliphatic rings. The molecule has 0 bridgehead atoms. The summed E-state index contributed by atoms with van der Waals surface area (Å²) in [6, 6.07) is 6.49. The Morgan fingerprint density at radius 3 is 2.54 bits per heavy atom. The van der Waals surface area contributed by atoms with Gasteiger partial charge in [-0.25, -0.2) is 0 Å². The number of amidine groups is 1. The molecule has 0 aliphatic carbocycles. The van der Waals surface area contributed by atoms with Crippen molar-refractivity contribution in [2.45, 2.75) is 31.1 Å². The van der Waals surface area contributed by atoms with Crippen LogP contribution >= 0.6 is 11.5 Å². The molecule has 128 valence electrons. The number of sulfonamides is 1. The van der Waals surface area contributed by atoms with Crippen LogP contribution in [0.25, 0.3) is 0 Å². The maximum absolute atomic E-state index is 12.4. The fourth-order valence-corrected chi connectivity index (χ4v) is 4.25. The number of piperidine rings is 1. The van der Waals surface area contributed by atoms with Gasteiger partial charge in [-0.1, -0.05) is 22.2 Å². The molecule has 0 amide bonds. The molecule has 2 N–H and O–H groups in total. The molecule has 2 heterocycles. The van der Waals surface area contributed by atoms with Gasteiger partial charge >= 0.3 is 0 Å². The Morgan fingerprint density at radius 1 is 1.21 bits per heavy atom. The third kappa shape index (κ3) is 3.57. The van der Waals surface area contributed by atoms with E-state index < -0.39 is 10.0 Å². The van der Waals surface area contributed by atoms with Crippen molar-refractivity contribution in [1.29, 1.82) is 0 Å². The van der Waals surface area contributed by atoms with E-state index in [0.29, 0.717) is 5.69 Å². The van der Waals surface area contributed by atoms with Crippen molar-refractivity contribution in [2.24, 2.45) is 10.1 Å². The quantitative estimate of drug-likeness (QED) is 0.656. The number of nitrogens with zero attached hydrogens (tertiary/aromatic N) is 4. The van der Waals surface area contributed by atoms with Crippen LogP contribution in [0.2, 0.25) is 0 Å². The first-order chi connectivity index (χ1) is 11.5. The number of hydrogen-bond donors (Lipinski definition) is 1. The second-order valence-corrected chi connectivity index (χ2v) is 8.08. The molecule has 0 unspecified atom stereocenters. The third-order valence-electron chi connectivity index (χ3n) is 3.89. The second-order valence-electron chi connectivity index (χ2n) is 5.74. The molecule has 1 saturated heterocycles. The highest BCUT2D eigenvalue weighted by molar-refractivity contribution is 7.90. The van der Waals surface area contributed by atoms with E-state index in [0.717, 1.165) is 36.5 Å². The zero-order valence-electron chi connectivity index (χ0n) is 13.3. The van der Waals surface area contributed by atoms with E-state index in [4.69, 9.17) is 5.73 Å². The summed E-state index contributed by atoms with van der Waals surface area (Å²) in [6.45, 7) is 3.68. The van der Waals surface area contributed by atoms with Crippen LogP contribution in [0.4, 0.5) is 5.00 Å². The van der Waals surface area contributed by atoms with Gasteiger partial charge in [0.15, 0.2) is 11.5 Å². The number of aryl methyl sites for hydroxylation is 1. The number of hydrogen-bond acceptors (Lipinski definition) is 6. The Labute approximate surface area is 145 Å². The summed E-state index contributed by atoms with van der Waals surface area (Å²) < 4.78 is 32.5. The van der Waals surface area contributed by atoms with Crippen molar-refractivity contribution < 1.29 is 8.42 Å². The number of nitrogens with two attached hydrogens (primary N) is 1. The van der Waals surface area contributed by atoms with Gasteiger partial charge in [-0.3, -0.25) is 0 Å². The monoisotopic (exact) mass is 365 g/mol. The summed E-state index contributed by atoms with van der Waals surface area (Å²) in [5.41, 5.74) is 7.27. The van der Waals surface area contributed by atoms with Crippen molar-refractivity contribution in [1.82, 2.24) is 9.59 Å². The van der Waals surface area contributed by atoms with Crippen molar-refractivity contribution in [3.63, 3.8) is 0 Å². The zero-order valence-corrected chi connectivity index (χ0v) is 15.0. The van der Waals surface area contributed by atoms with Gasteiger partial charge in [-0.15, -0.1) is 9.50 Å². The van der Waals surface area contributed by atoms with Gasteiger partial charge < -0.3 is 10.6 Å². The van der Waals surface area contributed by atoms with Gasteiger partial charge in [0.2, 0.25) is 0 Å². The molecule has 0 atom stereocenters. The van der Waals surface area contributed by atoms with Crippen LogP contribution in [0, 0.1) is 6.92 Å². The minimum absolute atomic E-state index is 0.110. The summed E-state index contributed by atoms with van der Waals surface area (Å²) in [7, 11) is -3.87. The van der Waals surface area contributed by atoms with Gasteiger partial charge in [0, 0.05) is 24.6 Å². The fourth-order valence-electron chi connectivity index (χ4n) is 2.59. The lowest BCUT2D eigenvalue weighted by molar-refractivity contribution is 0.580. The van der Waals surface area contributed by atoms with Crippen LogP contribution in [-0.2, 0) is 10.0 Å². The summed E-state index contributed by atoms with van der Waals surface area (Å²) in [5, 5.41) is 4.78. The van der Waals surface area contributed by atoms with Gasteiger partial charge in [0.05, 0.1) is 4.90 Å². The molecular formula is C15H19N5O2S2. The lowest BCUT2D eigenvalue weighted by Crippen LogP contribution is -2.31. The normalized spacial score (nSPS) is 16.4. The first-order valence-electron chi connectivity index (χ1n) is 7.72. The first kappa shape index (κ1) is 16.8. The minimum atomic E-state index is -3.87. The average Bonchev–Trinajstić information content (AvgIpc) is 3.05. The van der Waals surface area contributed by atoms with Crippen LogP contribution in [-0.4, -0.2) is 36.9 Å². The highest BCUT2D eigenvalue weighted by atomic mass is 32.2. The molecule has 1 fully saturated rings. The van der Waals surface area contributed by atoms with Crippen molar-refractivity contribution >= 4 is 32.4 Å². The van der Waals surface area contributed by atoms with Crippen molar-refractivity contribution in [3.05, 3.63) is 35.5 Å². The fraction of sp³-hybridized carbons (Fsp3) is 0.400. The number of benzene rings is 1. The predicted octanol–water partition coefficient (Wildman–Crippen LogP) is 1.93. The van der Waals surface area contributed by atoms with Gasteiger partial charge in [-0.05, 0) is 38.3 Å². The van der Waals surface area contributed by atoms with E-state index >= 15 is 0 Å². The smallest absolute Gasteiger partial charge is 0.284 e. The highest BCUT2D eigenvalue weighted by Gasteiger charge is 2.22. The van der Waals surface area contributed by atoms with E-state index in [9.17, 15) is 8.42 Å². The van der Waals surface area contributed by atoms with Crippen LogP contribution in [0.5, 0.6) is 0 Å². The molecule has 24 heavy (non-hydrogen) atoms. The van der Waals surface area contributed by atoms with Gasteiger partial charge in [0.25, 0.3) is 10.0 Å². The molecule has 1 aliphatic heterocycles. The summed E-state index contributed by atoms with van der Waals surface area (Å²) >= 11 is 1.22. The topological polar surface area (TPSA) is 102 Å². The summed E-state index contributed by atoms with van der Waals surface area (Å²) in [5.74, 6) is -0.120. The molecule has 0 spiro atoms. The average molecular weight is 365 g/mol. The van der Waals surface area contributed by atoms with E-state index in [2.05, 4.69) is 18.9 Å². The first-order valence-corrected chi connectivity index (χ1v) is 9.93. The molecule has 9 heteroatoms. The lowest BCUT2D eigenvalue weighted by atomic mass is 10.1. The predicted molar refractivity (Wildman–Crippen MR) is 95.1 cm³/mol. The van der Waals surface area contributed by atoms with E-state index in [-0.39, 0.29) is 10.7 Å². The standard InChI is InChI=1S/C15H19N5O2S2/c1-11-5-7-12(8-6-11)24(21,22)18-14(16)13-15(23-19-17-13)20-9-3-2-4-10-20/h5-8H,2-4,9-10H2,1H3,(H2,16,18). The number of aromatic nitrogens is 2. The van der Waals surface area contributed by atoms with Crippen molar-refractivity contribution in [2.75, 3.05) is 18.0 Å². The number of anilines is 1. The van der Waals surface area contributed by atoms with Crippen LogP contribution in [0.1, 0.15) is 30.5 Å². The van der Waals surface area contributed by atoms with Gasteiger partial charge in [0.1, 0.15) is 5.00 Å². The zero-order chi connectivity index (χ0) is 17.2. The Kier molecular flexibility index (Phi) is 4.81. The molecule has 0 radical (unpaired) electrons. The van der Waals surface area contributed by atoms with Crippen LogP contribution in [0.15, 0.2) is 33.6 Å². The number of rotatable bonds is 4. The second kappa shape index (κ2) is 6.86. The molecule has 1 aromatic heterocycles. The molecule has 2 aromatic rings. The third-order valence-corrected chi connectivity index (χ3v) is 5.99. The molecule has 7 nitrogen and oxygen atoms in total.